The van der Waals surface area contributed by atoms with E-state index in [1.165, 1.54) is 0 Å². The molecule has 0 aromatic carbocycles. The number of aryl methyl sites for hydroxylation is 1. The molecule has 0 aliphatic carbocycles. The van der Waals surface area contributed by atoms with Crippen molar-refractivity contribution in [2.75, 3.05) is 23.0 Å². The first-order chi connectivity index (χ1) is 8.09. The Kier molecular flexibility index (Phi) is 3.78. The van der Waals surface area contributed by atoms with Crippen LogP contribution in [0.2, 0.25) is 0 Å². The molecule has 92 valence electrons. The number of primary amides is 1. The molecule has 1 fully saturated rings. The number of carbonyl (C=O) groups is 1. The van der Waals surface area contributed by atoms with Crippen LogP contribution in [0.15, 0.2) is 0 Å². The van der Waals surface area contributed by atoms with Crippen molar-refractivity contribution in [3.05, 3.63) is 17.1 Å². The third kappa shape index (κ3) is 2.66. The zero-order chi connectivity index (χ0) is 12.4. The van der Waals surface area contributed by atoms with E-state index in [1.807, 2.05) is 23.5 Å². The highest BCUT2D eigenvalue weighted by atomic mass is 32.2. The lowest BCUT2D eigenvalue weighted by Gasteiger charge is -2.20. The second-order valence-electron chi connectivity index (χ2n) is 3.73. The molecule has 7 heteroatoms. The van der Waals surface area contributed by atoms with Gasteiger partial charge in [-0.25, -0.2) is 9.97 Å². The van der Waals surface area contributed by atoms with Crippen LogP contribution in [0.5, 0.6) is 0 Å². The fraction of sp³-hybridized carbons (Fsp3) is 0.500. The Morgan fingerprint density at radius 1 is 1.41 bits per heavy atom. The van der Waals surface area contributed by atoms with E-state index >= 15 is 0 Å². The van der Waals surface area contributed by atoms with Gasteiger partial charge in [0.15, 0.2) is 0 Å². The van der Waals surface area contributed by atoms with Crippen molar-refractivity contribution >= 4 is 35.2 Å². The normalized spacial score (nSPS) is 20.2. The third-order valence-corrected chi connectivity index (χ3v) is 5.24. The monoisotopic (exact) mass is 270 g/mol. The number of amides is 1. The third-order valence-electron chi connectivity index (χ3n) is 2.49. The number of hydrogen-bond acceptors (Lipinski definition) is 6. The standard InChI is InChI=1S/C10H14N4OS2/c1-5-7(9(12)15)8(11)14-10(13-5)6-4-16-2-3-17-6/h6H,2-4H2,1H3,(H2,12,15)(H2,11,13,14). The van der Waals surface area contributed by atoms with Gasteiger partial charge in [0.25, 0.3) is 5.91 Å². The first kappa shape index (κ1) is 12.5. The number of hydrogen-bond donors (Lipinski definition) is 2. The average Bonchev–Trinajstić information content (AvgIpc) is 2.28. The number of nitrogens with two attached hydrogens (primary N) is 2. The van der Waals surface area contributed by atoms with Crippen molar-refractivity contribution in [3.63, 3.8) is 0 Å². The second-order valence-corrected chi connectivity index (χ2v) is 6.19. The van der Waals surface area contributed by atoms with Crippen LogP contribution in [-0.4, -0.2) is 33.1 Å². The summed E-state index contributed by atoms with van der Waals surface area (Å²) in [6.45, 7) is 1.74. The van der Waals surface area contributed by atoms with Crippen LogP contribution >= 0.6 is 23.5 Å². The Balaban J connectivity index is 2.34. The number of thioether (sulfide) groups is 2. The first-order valence-electron chi connectivity index (χ1n) is 5.22. The molecule has 0 radical (unpaired) electrons. The maximum Gasteiger partial charge on any atom is 0.254 e. The molecule has 5 nitrogen and oxygen atoms in total. The van der Waals surface area contributed by atoms with Gasteiger partial charge in [-0.3, -0.25) is 4.79 Å². The van der Waals surface area contributed by atoms with Crippen molar-refractivity contribution in [1.29, 1.82) is 0 Å². The van der Waals surface area contributed by atoms with Gasteiger partial charge < -0.3 is 11.5 Å². The molecule has 1 aliphatic rings. The molecule has 2 rings (SSSR count). The molecule has 1 aromatic rings. The topological polar surface area (TPSA) is 94.9 Å². The summed E-state index contributed by atoms with van der Waals surface area (Å²) in [5.41, 5.74) is 11.8. The summed E-state index contributed by atoms with van der Waals surface area (Å²) in [6.07, 6.45) is 0. The number of anilines is 1. The number of rotatable bonds is 2. The van der Waals surface area contributed by atoms with Gasteiger partial charge in [-0.1, -0.05) is 0 Å². The maximum atomic E-state index is 11.2. The molecular weight excluding hydrogens is 256 g/mol. The fourth-order valence-electron chi connectivity index (χ4n) is 1.70. The number of nitrogens with zero attached hydrogens (tertiary/aromatic N) is 2. The predicted molar refractivity (Wildman–Crippen MR) is 72.2 cm³/mol. The summed E-state index contributed by atoms with van der Waals surface area (Å²) in [5, 5.41) is 0.261. The number of carbonyl (C=O) groups excluding carboxylic acids is 1. The Hall–Kier alpha value is -0.950. The first-order valence-corrected chi connectivity index (χ1v) is 7.43. The molecule has 2 heterocycles. The predicted octanol–water partition coefficient (Wildman–Crippen LogP) is 0.987. The Morgan fingerprint density at radius 2 is 2.18 bits per heavy atom. The van der Waals surface area contributed by atoms with Crippen molar-refractivity contribution in [1.82, 2.24) is 9.97 Å². The molecule has 1 atom stereocenters. The van der Waals surface area contributed by atoms with Crippen molar-refractivity contribution in [3.8, 4) is 0 Å². The van der Waals surface area contributed by atoms with Crippen LogP contribution in [0.25, 0.3) is 0 Å². The van der Waals surface area contributed by atoms with Crippen molar-refractivity contribution < 1.29 is 4.79 Å². The van der Waals surface area contributed by atoms with E-state index in [0.29, 0.717) is 11.5 Å². The van der Waals surface area contributed by atoms with Gasteiger partial charge in [-0.15, -0.1) is 11.8 Å². The lowest BCUT2D eigenvalue weighted by molar-refractivity contribution is 0.1000. The van der Waals surface area contributed by atoms with Crippen LogP contribution in [0, 0.1) is 6.92 Å². The van der Waals surface area contributed by atoms with Crippen LogP contribution < -0.4 is 11.5 Å². The quantitative estimate of drug-likeness (QED) is 0.832. The highest BCUT2D eigenvalue weighted by Gasteiger charge is 2.22. The van der Waals surface area contributed by atoms with Gasteiger partial charge in [0.1, 0.15) is 17.2 Å². The summed E-state index contributed by atoms with van der Waals surface area (Å²) in [4.78, 5) is 19.7. The van der Waals surface area contributed by atoms with Crippen molar-refractivity contribution in [2.24, 2.45) is 5.73 Å². The number of aromatic nitrogens is 2. The van der Waals surface area contributed by atoms with E-state index in [4.69, 9.17) is 11.5 Å². The zero-order valence-corrected chi connectivity index (χ0v) is 11.1. The van der Waals surface area contributed by atoms with E-state index < -0.39 is 5.91 Å². The van der Waals surface area contributed by atoms with Gasteiger partial charge in [0.2, 0.25) is 0 Å². The average molecular weight is 270 g/mol. The van der Waals surface area contributed by atoms with E-state index in [1.54, 1.807) is 6.92 Å². The van der Waals surface area contributed by atoms with E-state index in [0.717, 1.165) is 17.3 Å². The summed E-state index contributed by atoms with van der Waals surface area (Å²) in [6, 6.07) is 0. The summed E-state index contributed by atoms with van der Waals surface area (Å²) in [5.74, 6) is 3.57. The fourth-order valence-corrected chi connectivity index (χ4v) is 4.30. The molecule has 0 spiro atoms. The highest BCUT2D eigenvalue weighted by molar-refractivity contribution is 8.06. The van der Waals surface area contributed by atoms with E-state index in [-0.39, 0.29) is 16.6 Å². The summed E-state index contributed by atoms with van der Waals surface area (Å²) < 4.78 is 0. The van der Waals surface area contributed by atoms with Gasteiger partial charge in [-0.2, -0.15) is 11.8 Å². The summed E-state index contributed by atoms with van der Waals surface area (Å²) in [7, 11) is 0. The van der Waals surface area contributed by atoms with Crippen LogP contribution in [0.1, 0.15) is 27.1 Å². The minimum absolute atomic E-state index is 0.191. The van der Waals surface area contributed by atoms with Crippen LogP contribution in [0.4, 0.5) is 5.82 Å². The maximum absolute atomic E-state index is 11.2. The lowest BCUT2D eigenvalue weighted by Crippen LogP contribution is -2.20. The van der Waals surface area contributed by atoms with E-state index in [2.05, 4.69) is 9.97 Å². The molecule has 1 aliphatic heterocycles. The molecule has 4 N–H and O–H groups in total. The van der Waals surface area contributed by atoms with Gasteiger partial charge in [0.05, 0.1) is 10.9 Å². The van der Waals surface area contributed by atoms with Gasteiger partial charge in [0, 0.05) is 17.3 Å². The Bertz CT molecular complexity index is 423. The molecule has 0 saturated carbocycles. The van der Waals surface area contributed by atoms with Crippen LogP contribution in [-0.2, 0) is 0 Å². The zero-order valence-electron chi connectivity index (χ0n) is 9.47. The largest absolute Gasteiger partial charge is 0.383 e. The highest BCUT2D eigenvalue weighted by Crippen LogP contribution is 2.35. The Morgan fingerprint density at radius 3 is 2.71 bits per heavy atom. The van der Waals surface area contributed by atoms with Crippen LogP contribution in [0.3, 0.4) is 0 Å². The smallest absolute Gasteiger partial charge is 0.254 e. The molecule has 1 aromatic heterocycles. The SMILES string of the molecule is Cc1nc(C2CSCCS2)nc(N)c1C(N)=O. The number of nitrogen functional groups attached to an aromatic ring is 1. The molecule has 1 amide bonds. The molecule has 1 unspecified atom stereocenters. The molecular formula is C10H14N4OS2. The lowest BCUT2D eigenvalue weighted by atomic mass is 10.2. The van der Waals surface area contributed by atoms with E-state index in [9.17, 15) is 4.79 Å². The van der Waals surface area contributed by atoms with Crippen molar-refractivity contribution in [2.45, 2.75) is 12.2 Å². The Labute approximate surface area is 108 Å². The van der Waals surface area contributed by atoms with Gasteiger partial charge in [-0.05, 0) is 6.92 Å². The molecule has 0 bridgehead atoms. The second kappa shape index (κ2) is 5.14. The minimum atomic E-state index is -0.572. The summed E-state index contributed by atoms with van der Waals surface area (Å²) >= 11 is 3.72. The van der Waals surface area contributed by atoms with Gasteiger partial charge >= 0.3 is 0 Å². The minimum Gasteiger partial charge on any atom is -0.383 e. The molecule has 1 saturated heterocycles. The molecule has 17 heavy (non-hydrogen) atoms.